The summed E-state index contributed by atoms with van der Waals surface area (Å²) in [6.07, 6.45) is -5.11. The molecule has 1 aromatic carbocycles. The predicted octanol–water partition coefficient (Wildman–Crippen LogP) is 2.89. The van der Waals surface area contributed by atoms with Gasteiger partial charge in [-0.25, -0.2) is 4.79 Å². The van der Waals surface area contributed by atoms with E-state index < -0.39 is 23.6 Å². The van der Waals surface area contributed by atoms with Gasteiger partial charge in [-0.15, -0.1) is 0 Å². The molecule has 0 saturated heterocycles. The van der Waals surface area contributed by atoms with E-state index >= 15 is 0 Å². The molecule has 0 fully saturated rings. The number of halogens is 4. The number of aliphatic carboxylic acids is 1. The average Bonchev–Trinajstić information content (AvgIpc) is 2.26. The maximum Gasteiger partial charge on any atom is 0.422 e. The summed E-state index contributed by atoms with van der Waals surface area (Å²) in [5.74, 6) is -3.27. The van der Waals surface area contributed by atoms with Gasteiger partial charge in [-0.1, -0.05) is 15.9 Å². The maximum atomic E-state index is 12.8. The summed E-state index contributed by atoms with van der Waals surface area (Å²) in [5, 5.41) is 10.3. The van der Waals surface area contributed by atoms with E-state index in [9.17, 15) is 22.8 Å². The van der Waals surface area contributed by atoms with E-state index in [1.165, 1.54) is 24.4 Å². The summed E-state index contributed by atoms with van der Waals surface area (Å²) >= 11 is 3.16. The van der Waals surface area contributed by atoms with Gasteiger partial charge in [0.05, 0.1) is 0 Å². The summed E-state index contributed by atoms with van der Waals surface area (Å²) in [7, 11) is 0. The van der Waals surface area contributed by atoms with Gasteiger partial charge in [-0.05, 0) is 37.6 Å². The van der Waals surface area contributed by atoms with Gasteiger partial charge in [-0.2, -0.15) is 13.2 Å². The Morgan fingerprint density at radius 2 is 1.85 bits per heavy atom. The molecule has 4 nitrogen and oxygen atoms in total. The van der Waals surface area contributed by atoms with Crippen molar-refractivity contribution in [1.82, 2.24) is 5.32 Å². The molecule has 1 amide bonds. The van der Waals surface area contributed by atoms with Crippen molar-refractivity contribution in [3.05, 3.63) is 33.8 Å². The zero-order valence-electron chi connectivity index (χ0n) is 10.5. The van der Waals surface area contributed by atoms with E-state index in [0.717, 1.165) is 0 Å². The van der Waals surface area contributed by atoms with Crippen LogP contribution in [-0.2, 0) is 4.79 Å². The Morgan fingerprint density at radius 1 is 1.30 bits per heavy atom. The molecule has 0 aliphatic carbocycles. The maximum absolute atomic E-state index is 12.8. The number of carboxylic acid groups (broad SMARTS) is 1. The Balaban J connectivity index is 3.13. The minimum absolute atomic E-state index is 0.0232. The summed E-state index contributed by atoms with van der Waals surface area (Å²) in [6.45, 7) is 1.94. The Labute approximate surface area is 121 Å². The Morgan fingerprint density at radius 3 is 2.25 bits per heavy atom. The van der Waals surface area contributed by atoms with Gasteiger partial charge >= 0.3 is 12.1 Å². The number of carboxylic acids is 1. The van der Waals surface area contributed by atoms with Crippen molar-refractivity contribution in [2.45, 2.75) is 25.6 Å². The molecule has 1 atom stereocenters. The standard InChI is InChI=1S/C12H11BrF3NO3/c1-6-5-7(13)3-4-8(6)9(18)17-11(2,10(19)20)12(14,15)16/h3-5H,1-2H3,(H,17,18)(H,19,20). The molecule has 1 aromatic rings. The number of hydrogen-bond acceptors (Lipinski definition) is 2. The first-order valence-corrected chi connectivity index (χ1v) is 6.17. The number of amides is 1. The lowest BCUT2D eigenvalue weighted by atomic mass is 10.00. The van der Waals surface area contributed by atoms with E-state index in [1.54, 1.807) is 6.07 Å². The number of benzene rings is 1. The van der Waals surface area contributed by atoms with Crippen LogP contribution in [0, 0.1) is 6.92 Å². The fourth-order valence-electron chi connectivity index (χ4n) is 1.42. The van der Waals surface area contributed by atoms with Crippen molar-refractivity contribution in [1.29, 1.82) is 0 Å². The second-order valence-electron chi connectivity index (χ2n) is 4.34. The number of carbonyl (C=O) groups excluding carboxylic acids is 1. The minimum atomic E-state index is -5.11. The number of alkyl halides is 3. The zero-order valence-corrected chi connectivity index (χ0v) is 12.1. The Kier molecular flexibility index (Phi) is 4.48. The summed E-state index contributed by atoms with van der Waals surface area (Å²) in [5.41, 5.74) is -2.94. The third kappa shape index (κ3) is 3.12. The van der Waals surface area contributed by atoms with Crippen molar-refractivity contribution in [2.75, 3.05) is 0 Å². The van der Waals surface area contributed by atoms with Gasteiger partial charge < -0.3 is 10.4 Å². The SMILES string of the molecule is Cc1cc(Br)ccc1C(=O)NC(C)(C(=O)O)C(F)(F)F. The number of hydrogen-bond donors (Lipinski definition) is 2. The summed E-state index contributed by atoms with van der Waals surface area (Å²) < 4.78 is 39.0. The van der Waals surface area contributed by atoms with Crippen molar-refractivity contribution >= 4 is 27.8 Å². The first-order chi connectivity index (χ1) is 8.99. The van der Waals surface area contributed by atoms with Crippen LogP contribution in [0.15, 0.2) is 22.7 Å². The highest BCUT2D eigenvalue weighted by Gasteiger charge is 2.58. The third-order valence-electron chi connectivity index (χ3n) is 2.79. The fraction of sp³-hybridized carbons (Fsp3) is 0.333. The molecule has 0 aliphatic rings. The van der Waals surface area contributed by atoms with Crippen LogP contribution in [0.1, 0.15) is 22.8 Å². The average molecular weight is 354 g/mol. The van der Waals surface area contributed by atoms with E-state index in [4.69, 9.17) is 5.11 Å². The fourth-order valence-corrected chi connectivity index (χ4v) is 1.90. The van der Waals surface area contributed by atoms with Crippen LogP contribution < -0.4 is 5.32 Å². The van der Waals surface area contributed by atoms with Gasteiger partial charge in [-0.3, -0.25) is 4.79 Å². The number of carbonyl (C=O) groups is 2. The van der Waals surface area contributed by atoms with Crippen LogP contribution in [0.2, 0.25) is 0 Å². The van der Waals surface area contributed by atoms with Crippen LogP contribution in [0.25, 0.3) is 0 Å². The topological polar surface area (TPSA) is 66.4 Å². The second kappa shape index (κ2) is 5.43. The summed E-state index contributed by atoms with van der Waals surface area (Å²) in [4.78, 5) is 22.7. The van der Waals surface area contributed by atoms with Gasteiger partial charge in [0.15, 0.2) is 0 Å². The minimum Gasteiger partial charge on any atom is -0.479 e. The molecule has 1 rings (SSSR count). The van der Waals surface area contributed by atoms with E-state index in [1.807, 2.05) is 0 Å². The first kappa shape index (κ1) is 16.5. The molecule has 0 aromatic heterocycles. The third-order valence-corrected chi connectivity index (χ3v) is 3.28. The molecule has 0 heterocycles. The van der Waals surface area contributed by atoms with Gasteiger partial charge in [0.1, 0.15) is 0 Å². The van der Waals surface area contributed by atoms with Gasteiger partial charge in [0.2, 0.25) is 5.54 Å². The normalized spacial score (nSPS) is 14.5. The lowest BCUT2D eigenvalue weighted by Gasteiger charge is -2.28. The van der Waals surface area contributed by atoms with E-state index in [-0.39, 0.29) is 5.56 Å². The molecular weight excluding hydrogens is 343 g/mol. The van der Waals surface area contributed by atoms with Crippen molar-refractivity contribution < 1.29 is 27.9 Å². The molecule has 0 aliphatic heterocycles. The van der Waals surface area contributed by atoms with Crippen LogP contribution in [0.3, 0.4) is 0 Å². The molecule has 0 saturated carbocycles. The van der Waals surface area contributed by atoms with Gasteiger partial charge in [0.25, 0.3) is 5.91 Å². The quantitative estimate of drug-likeness (QED) is 0.877. The largest absolute Gasteiger partial charge is 0.479 e. The van der Waals surface area contributed by atoms with Crippen molar-refractivity contribution in [3.63, 3.8) is 0 Å². The lowest BCUT2D eigenvalue weighted by molar-refractivity contribution is -0.203. The number of aryl methyl sites for hydroxylation is 1. The molecule has 0 bridgehead atoms. The van der Waals surface area contributed by atoms with Crippen molar-refractivity contribution in [2.24, 2.45) is 0 Å². The zero-order chi connectivity index (χ0) is 15.7. The molecule has 20 heavy (non-hydrogen) atoms. The molecule has 2 N–H and O–H groups in total. The van der Waals surface area contributed by atoms with Crippen LogP contribution in [-0.4, -0.2) is 28.7 Å². The monoisotopic (exact) mass is 353 g/mol. The lowest BCUT2D eigenvalue weighted by Crippen LogP contribution is -2.61. The molecule has 8 heteroatoms. The van der Waals surface area contributed by atoms with Crippen molar-refractivity contribution in [3.8, 4) is 0 Å². The molecular formula is C12H11BrF3NO3. The highest BCUT2D eigenvalue weighted by Crippen LogP contribution is 2.31. The Hall–Kier alpha value is -1.57. The van der Waals surface area contributed by atoms with E-state index in [2.05, 4.69) is 15.9 Å². The second-order valence-corrected chi connectivity index (χ2v) is 5.26. The van der Waals surface area contributed by atoms with Crippen LogP contribution >= 0.6 is 15.9 Å². The molecule has 0 radical (unpaired) electrons. The molecule has 1 unspecified atom stereocenters. The first-order valence-electron chi connectivity index (χ1n) is 5.38. The Bertz CT molecular complexity index is 559. The number of nitrogens with one attached hydrogen (secondary N) is 1. The van der Waals surface area contributed by atoms with Crippen LogP contribution in [0.5, 0.6) is 0 Å². The van der Waals surface area contributed by atoms with E-state index in [0.29, 0.717) is 17.0 Å². The number of rotatable bonds is 3. The van der Waals surface area contributed by atoms with Gasteiger partial charge in [0, 0.05) is 10.0 Å². The highest BCUT2D eigenvalue weighted by atomic mass is 79.9. The molecule has 0 spiro atoms. The van der Waals surface area contributed by atoms with Crippen LogP contribution in [0.4, 0.5) is 13.2 Å². The highest BCUT2D eigenvalue weighted by molar-refractivity contribution is 9.10. The summed E-state index contributed by atoms with van der Waals surface area (Å²) in [6, 6.07) is 4.33. The smallest absolute Gasteiger partial charge is 0.422 e. The molecule has 110 valence electrons. The predicted molar refractivity (Wildman–Crippen MR) is 68.4 cm³/mol.